The molecule has 1 aliphatic carbocycles. The van der Waals surface area contributed by atoms with Crippen LogP contribution in [-0.4, -0.2) is 9.02 Å². The minimum Gasteiger partial charge on any atom is -0.292 e. The molecule has 0 atom stereocenters. The first-order chi connectivity index (χ1) is 6.00. The van der Waals surface area contributed by atoms with Crippen molar-refractivity contribution in [3.05, 3.63) is 34.3 Å². The van der Waals surface area contributed by atoms with Crippen LogP contribution in [0.15, 0.2) is 18.2 Å². The molecule has 1 aromatic carbocycles. The number of carbonyl (C=O) groups is 1. The van der Waals surface area contributed by atoms with Gasteiger partial charge in [0.05, 0.1) is 0 Å². The Morgan fingerprint density at radius 1 is 1.38 bits per heavy atom. The van der Waals surface area contributed by atoms with Crippen molar-refractivity contribution < 1.29 is 4.79 Å². The molecule has 0 aliphatic heterocycles. The van der Waals surface area contributed by atoms with Gasteiger partial charge in [-0.15, -0.1) is 0 Å². The molecular formula is C9H5Br2ClO. The predicted octanol–water partition coefficient (Wildman–Crippen LogP) is 3.56. The summed E-state index contributed by atoms with van der Waals surface area (Å²) in [7, 11) is 0. The van der Waals surface area contributed by atoms with Crippen molar-refractivity contribution in [2.75, 3.05) is 0 Å². The molecule has 0 saturated heterocycles. The first-order valence-electron chi connectivity index (χ1n) is 3.72. The van der Waals surface area contributed by atoms with Crippen LogP contribution in [0.4, 0.5) is 0 Å². The molecule has 1 aliphatic rings. The fourth-order valence-electron chi connectivity index (χ4n) is 1.43. The van der Waals surface area contributed by atoms with Crippen LogP contribution in [0.2, 0.25) is 5.02 Å². The van der Waals surface area contributed by atoms with Gasteiger partial charge in [-0.3, -0.25) is 4.79 Å². The Labute approximate surface area is 97.7 Å². The molecule has 0 heterocycles. The molecule has 0 N–H and O–H groups in total. The van der Waals surface area contributed by atoms with E-state index in [-0.39, 0.29) is 5.78 Å². The largest absolute Gasteiger partial charge is 0.292 e. The molecular weight excluding hydrogens is 319 g/mol. The smallest absolute Gasteiger partial charge is 0.190 e. The van der Waals surface area contributed by atoms with E-state index >= 15 is 0 Å². The Kier molecular flexibility index (Phi) is 2.29. The average Bonchev–Trinajstić information content (AvgIpc) is 2.26. The molecule has 0 saturated carbocycles. The quantitative estimate of drug-likeness (QED) is 0.667. The van der Waals surface area contributed by atoms with Crippen LogP contribution in [-0.2, 0) is 6.42 Å². The van der Waals surface area contributed by atoms with Crippen LogP contribution in [0, 0.1) is 0 Å². The molecule has 0 aromatic heterocycles. The molecule has 1 nitrogen and oxygen atoms in total. The van der Waals surface area contributed by atoms with Gasteiger partial charge >= 0.3 is 0 Å². The number of Topliss-reactive ketones (excluding diaryl/α,β-unsaturated/α-hetero) is 1. The highest BCUT2D eigenvalue weighted by Gasteiger charge is 2.41. The highest BCUT2D eigenvalue weighted by molar-refractivity contribution is 9.26. The van der Waals surface area contributed by atoms with Crippen molar-refractivity contribution in [2.24, 2.45) is 0 Å². The van der Waals surface area contributed by atoms with Crippen LogP contribution in [0.1, 0.15) is 15.9 Å². The summed E-state index contributed by atoms with van der Waals surface area (Å²) in [6, 6.07) is 5.40. The van der Waals surface area contributed by atoms with Crippen molar-refractivity contribution in [1.29, 1.82) is 0 Å². The zero-order valence-corrected chi connectivity index (χ0v) is 10.4. The summed E-state index contributed by atoms with van der Waals surface area (Å²) in [5.41, 5.74) is 1.74. The summed E-state index contributed by atoms with van der Waals surface area (Å²) >= 11 is 12.5. The van der Waals surface area contributed by atoms with E-state index in [2.05, 4.69) is 31.9 Å². The van der Waals surface area contributed by atoms with E-state index in [0.29, 0.717) is 17.0 Å². The molecule has 4 heteroatoms. The fourth-order valence-corrected chi connectivity index (χ4v) is 2.63. The summed E-state index contributed by atoms with van der Waals surface area (Å²) in [6.07, 6.45) is 0.665. The summed E-state index contributed by atoms with van der Waals surface area (Å²) in [5.74, 6) is 0.0463. The SMILES string of the molecule is O=C1c2cc(Cl)ccc2CC1(Br)Br. The van der Waals surface area contributed by atoms with Crippen LogP contribution in [0.3, 0.4) is 0 Å². The Balaban J connectivity index is 2.57. The Hall–Kier alpha value is 0.140. The van der Waals surface area contributed by atoms with Crippen molar-refractivity contribution in [1.82, 2.24) is 0 Å². The van der Waals surface area contributed by atoms with E-state index in [1.165, 1.54) is 0 Å². The first kappa shape index (κ1) is 9.69. The van der Waals surface area contributed by atoms with Crippen molar-refractivity contribution in [3.8, 4) is 0 Å². The van der Waals surface area contributed by atoms with Gasteiger partial charge in [0.25, 0.3) is 0 Å². The van der Waals surface area contributed by atoms with Crippen LogP contribution >= 0.6 is 43.5 Å². The monoisotopic (exact) mass is 322 g/mol. The number of halogens is 3. The molecule has 0 spiro atoms. The second-order valence-electron chi connectivity index (χ2n) is 3.01. The van der Waals surface area contributed by atoms with Gasteiger partial charge in [-0.1, -0.05) is 49.5 Å². The number of hydrogen-bond donors (Lipinski definition) is 0. The lowest BCUT2D eigenvalue weighted by Gasteiger charge is -2.07. The predicted molar refractivity (Wildman–Crippen MR) is 60.1 cm³/mol. The number of carbonyl (C=O) groups excluding carboxylic acids is 1. The number of benzene rings is 1. The summed E-state index contributed by atoms with van der Waals surface area (Å²) in [4.78, 5) is 11.7. The van der Waals surface area contributed by atoms with Crippen LogP contribution in [0.5, 0.6) is 0 Å². The van der Waals surface area contributed by atoms with E-state index in [4.69, 9.17) is 11.6 Å². The number of alkyl halides is 2. The lowest BCUT2D eigenvalue weighted by Crippen LogP contribution is -2.19. The molecule has 2 rings (SSSR count). The molecule has 13 heavy (non-hydrogen) atoms. The van der Waals surface area contributed by atoms with E-state index in [9.17, 15) is 4.79 Å². The minimum absolute atomic E-state index is 0.0463. The topological polar surface area (TPSA) is 17.1 Å². The van der Waals surface area contributed by atoms with Crippen LogP contribution in [0.25, 0.3) is 0 Å². The summed E-state index contributed by atoms with van der Waals surface area (Å²) in [6.45, 7) is 0. The Morgan fingerprint density at radius 3 is 2.77 bits per heavy atom. The molecule has 0 amide bonds. The maximum absolute atomic E-state index is 11.7. The zero-order chi connectivity index (χ0) is 9.64. The third-order valence-corrected chi connectivity index (χ3v) is 3.58. The van der Waals surface area contributed by atoms with E-state index in [1.807, 2.05) is 6.07 Å². The summed E-state index contributed by atoms with van der Waals surface area (Å²) in [5, 5.41) is 0.602. The molecule has 0 radical (unpaired) electrons. The molecule has 68 valence electrons. The highest BCUT2D eigenvalue weighted by Crippen LogP contribution is 2.41. The zero-order valence-electron chi connectivity index (χ0n) is 6.48. The lowest BCUT2D eigenvalue weighted by atomic mass is 10.1. The first-order valence-corrected chi connectivity index (χ1v) is 5.68. The van der Waals surface area contributed by atoms with E-state index in [0.717, 1.165) is 5.56 Å². The van der Waals surface area contributed by atoms with Gasteiger partial charge in [0.1, 0.15) is 3.23 Å². The Morgan fingerprint density at radius 2 is 2.08 bits per heavy atom. The number of rotatable bonds is 0. The Bertz CT molecular complexity index is 387. The van der Waals surface area contributed by atoms with E-state index in [1.54, 1.807) is 12.1 Å². The lowest BCUT2D eigenvalue weighted by molar-refractivity contribution is 0.0994. The highest BCUT2D eigenvalue weighted by atomic mass is 79.9. The van der Waals surface area contributed by atoms with Crippen LogP contribution < -0.4 is 0 Å². The number of fused-ring (bicyclic) bond motifs is 1. The van der Waals surface area contributed by atoms with Crippen molar-refractivity contribution in [3.63, 3.8) is 0 Å². The van der Waals surface area contributed by atoms with Gasteiger partial charge < -0.3 is 0 Å². The number of ketones is 1. The van der Waals surface area contributed by atoms with Gasteiger partial charge in [0.2, 0.25) is 0 Å². The van der Waals surface area contributed by atoms with E-state index < -0.39 is 3.23 Å². The second-order valence-corrected chi connectivity index (χ2v) is 7.22. The second kappa shape index (κ2) is 3.07. The van der Waals surface area contributed by atoms with Gasteiger partial charge in [-0.05, 0) is 17.7 Å². The van der Waals surface area contributed by atoms with Gasteiger partial charge in [-0.2, -0.15) is 0 Å². The number of hydrogen-bond acceptors (Lipinski definition) is 1. The summed E-state index contributed by atoms with van der Waals surface area (Å²) < 4.78 is -0.618. The molecule has 0 bridgehead atoms. The third kappa shape index (κ3) is 1.58. The van der Waals surface area contributed by atoms with Crippen molar-refractivity contribution in [2.45, 2.75) is 9.65 Å². The van der Waals surface area contributed by atoms with Gasteiger partial charge in [0.15, 0.2) is 5.78 Å². The van der Waals surface area contributed by atoms with Crippen molar-refractivity contribution >= 4 is 49.2 Å². The maximum atomic E-state index is 11.7. The minimum atomic E-state index is -0.618. The van der Waals surface area contributed by atoms with Gasteiger partial charge in [0, 0.05) is 17.0 Å². The fraction of sp³-hybridized carbons (Fsp3) is 0.222. The average molecular weight is 324 g/mol. The maximum Gasteiger partial charge on any atom is 0.190 e. The third-order valence-electron chi connectivity index (χ3n) is 2.06. The molecule has 0 unspecified atom stereocenters. The molecule has 1 aromatic rings. The van der Waals surface area contributed by atoms with Gasteiger partial charge in [-0.25, -0.2) is 0 Å². The normalized spacial score (nSPS) is 18.8. The standard InChI is InChI=1S/C9H5Br2ClO/c10-9(11)4-5-1-2-6(12)3-7(5)8(9)13/h1-3H,4H2. The molecule has 0 fully saturated rings.